The number of piperazine rings is 1. The van der Waals surface area contributed by atoms with Gasteiger partial charge in [0, 0.05) is 50.5 Å². The van der Waals surface area contributed by atoms with Crippen LogP contribution in [-0.4, -0.2) is 64.7 Å². The lowest BCUT2D eigenvalue weighted by Crippen LogP contribution is -2.52. The Labute approximate surface area is 209 Å². The summed E-state index contributed by atoms with van der Waals surface area (Å²) in [5.41, 5.74) is 4.52. The summed E-state index contributed by atoms with van der Waals surface area (Å²) in [7, 11) is 0. The standard InChI is InChI=1S/C27H30N6OS/c1-20-9-11-21(12-10-20)24-19-33-26(28-24)35-27(29-33)32-13-5-6-22(18-32)25(34)31-16-14-30(15-17-31)23-7-3-2-4-8-23/h2-4,7-12,19,22H,5-6,13-18H2,1H3/t22-/m1/s1. The van der Waals surface area contributed by atoms with Gasteiger partial charge in [0.2, 0.25) is 16.0 Å². The molecule has 6 rings (SSSR count). The van der Waals surface area contributed by atoms with Crippen LogP contribution in [-0.2, 0) is 4.79 Å². The number of para-hydroxylation sites is 1. The zero-order valence-electron chi connectivity index (χ0n) is 20.0. The molecule has 0 unspecified atom stereocenters. The third kappa shape index (κ3) is 4.50. The van der Waals surface area contributed by atoms with Gasteiger partial charge >= 0.3 is 0 Å². The van der Waals surface area contributed by atoms with E-state index in [0.717, 1.165) is 73.5 Å². The molecule has 0 radical (unpaired) electrons. The van der Waals surface area contributed by atoms with Crippen LogP contribution < -0.4 is 9.80 Å². The molecule has 2 aromatic heterocycles. The van der Waals surface area contributed by atoms with E-state index in [9.17, 15) is 4.79 Å². The number of fused-ring (bicyclic) bond motifs is 1. The predicted molar refractivity (Wildman–Crippen MR) is 141 cm³/mol. The first-order valence-electron chi connectivity index (χ1n) is 12.4. The summed E-state index contributed by atoms with van der Waals surface area (Å²) < 4.78 is 1.88. The maximum absolute atomic E-state index is 13.4. The zero-order valence-corrected chi connectivity index (χ0v) is 20.8. The molecule has 8 heteroatoms. The monoisotopic (exact) mass is 486 g/mol. The summed E-state index contributed by atoms with van der Waals surface area (Å²) in [6.07, 6.45) is 3.96. The number of amides is 1. The Morgan fingerprint density at radius 1 is 0.943 bits per heavy atom. The summed E-state index contributed by atoms with van der Waals surface area (Å²) >= 11 is 1.60. The van der Waals surface area contributed by atoms with Crippen molar-refractivity contribution in [3.05, 3.63) is 66.4 Å². The lowest BCUT2D eigenvalue weighted by Gasteiger charge is -2.39. The molecular formula is C27H30N6OS. The molecule has 2 saturated heterocycles. The number of rotatable bonds is 4. The predicted octanol–water partition coefficient (Wildman–Crippen LogP) is 4.33. The van der Waals surface area contributed by atoms with Crippen LogP contribution in [0.2, 0.25) is 0 Å². The zero-order chi connectivity index (χ0) is 23.8. The number of anilines is 2. The highest BCUT2D eigenvalue weighted by molar-refractivity contribution is 7.20. The number of benzene rings is 2. The van der Waals surface area contributed by atoms with E-state index in [2.05, 4.69) is 70.2 Å². The van der Waals surface area contributed by atoms with E-state index in [1.54, 1.807) is 11.3 Å². The second-order valence-corrected chi connectivity index (χ2v) is 10.5. The number of carbonyl (C=O) groups is 1. The van der Waals surface area contributed by atoms with Gasteiger partial charge in [-0.15, -0.1) is 5.10 Å². The van der Waals surface area contributed by atoms with Gasteiger partial charge in [-0.3, -0.25) is 4.79 Å². The van der Waals surface area contributed by atoms with E-state index >= 15 is 0 Å². The topological polar surface area (TPSA) is 57.0 Å². The van der Waals surface area contributed by atoms with Gasteiger partial charge < -0.3 is 14.7 Å². The highest BCUT2D eigenvalue weighted by atomic mass is 32.1. The fraction of sp³-hybridized carbons (Fsp3) is 0.370. The Morgan fingerprint density at radius 3 is 2.46 bits per heavy atom. The van der Waals surface area contributed by atoms with Crippen molar-refractivity contribution >= 4 is 33.0 Å². The Kier molecular flexibility index (Phi) is 5.90. The average Bonchev–Trinajstić information content (AvgIpc) is 3.49. The second-order valence-electron chi connectivity index (χ2n) is 9.54. The van der Waals surface area contributed by atoms with Gasteiger partial charge in [-0.05, 0) is 31.9 Å². The Morgan fingerprint density at radius 2 is 1.71 bits per heavy atom. The third-order valence-electron chi connectivity index (χ3n) is 7.13. The van der Waals surface area contributed by atoms with Gasteiger partial charge in [0.1, 0.15) is 0 Å². The molecule has 0 bridgehead atoms. The molecule has 2 aliphatic rings. The number of aryl methyl sites for hydroxylation is 1. The number of imidazole rings is 1. The molecule has 0 spiro atoms. The minimum Gasteiger partial charge on any atom is -0.368 e. The molecule has 0 aliphatic carbocycles. The van der Waals surface area contributed by atoms with Crippen molar-refractivity contribution in [2.24, 2.45) is 5.92 Å². The molecule has 35 heavy (non-hydrogen) atoms. The first-order chi connectivity index (χ1) is 17.1. The van der Waals surface area contributed by atoms with Crippen LogP contribution in [0.25, 0.3) is 16.2 Å². The Balaban J connectivity index is 1.10. The molecule has 0 saturated carbocycles. The summed E-state index contributed by atoms with van der Waals surface area (Å²) in [5.74, 6) is 0.330. The van der Waals surface area contributed by atoms with Crippen molar-refractivity contribution in [3.63, 3.8) is 0 Å². The lowest BCUT2D eigenvalue weighted by atomic mass is 9.96. The van der Waals surface area contributed by atoms with Gasteiger partial charge in [0.25, 0.3) is 0 Å². The SMILES string of the molecule is Cc1ccc(-c2cn3nc(N4CCC[C@@H](C(=O)N5CCN(c6ccccc6)CC5)C4)sc3n2)cc1. The minimum absolute atomic E-state index is 0.0337. The number of aromatic nitrogens is 3. The van der Waals surface area contributed by atoms with Crippen LogP contribution in [0.1, 0.15) is 18.4 Å². The molecule has 0 N–H and O–H groups in total. The van der Waals surface area contributed by atoms with E-state index in [1.807, 2.05) is 16.8 Å². The first-order valence-corrected chi connectivity index (χ1v) is 13.2. The molecule has 1 amide bonds. The van der Waals surface area contributed by atoms with Crippen LogP contribution >= 0.6 is 11.3 Å². The van der Waals surface area contributed by atoms with Crippen molar-refractivity contribution in [2.45, 2.75) is 19.8 Å². The van der Waals surface area contributed by atoms with E-state index in [4.69, 9.17) is 10.1 Å². The molecule has 4 aromatic rings. The number of hydrogen-bond donors (Lipinski definition) is 0. The van der Waals surface area contributed by atoms with Crippen molar-refractivity contribution in [2.75, 3.05) is 49.1 Å². The third-order valence-corrected chi connectivity index (χ3v) is 8.12. The molecule has 180 valence electrons. The van der Waals surface area contributed by atoms with Crippen LogP contribution in [0.4, 0.5) is 10.8 Å². The highest BCUT2D eigenvalue weighted by Crippen LogP contribution is 2.30. The van der Waals surface area contributed by atoms with Gasteiger partial charge in [0.15, 0.2) is 0 Å². The quantitative estimate of drug-likeness (QED) is 0.430. The van der Waals surface area contributed by atoms with Gasteiger partial charge in [-0.2, -0.15) is 0 Å². The summed E-state index contributed by atoms with van der Waals surface area (Å²) in [6.45, 7) is 7.11. The summed E-state index contributed by atoms with van der Waals surface area (Å²) in [5, 5.41) is 5.77. The first kappa shape index (κ1) is 22.1. The molecule has 2 fully saturated rings. The maximum atomic E-state index is 13.4. The largest absolute Gasteiger partial charge is 0.368 e. The molecule has 2 aromatic carbocycles. The van der Waals surface area contributed by atoms with Crippen LogP contribution in [0.3, 0.4) is 0 Å². The number of nitrogens with zero attached hydrogens (tertiary/aromatic N) is 6. The molecule has 7 nitrogen and oxygen atoms in total. The Bertz CT molecular complexity index is 1280. The second kappa shape index (κ2) is 9.34. The van der Waals surface area contributed by atoms with Crippen molar-refractivity contribution in [1.82, 2.24) is 19.5 Å². The van der Waals surface area contributed by atoms with Crippen LogP contribution in [0.5, 0.6) is 0 Å². The molecular weight excluding hydrogens is 456 g/mol. The lowest BCUT2D eigenvalue weighted by molar-refractivity contribution is -0.136. The van der Waals surface area contributed by atoms with E-state index in [-0.39, 0.29) is 5.92 Å². The van der Waals surface area contributed by atoms with E-state index in [1.165, 1.54) is 11.3 Å². The van der Waals surface area contributed by atoms with Gasteiger partial charge in [-0.1, -0.05) is 59.4 Å². The van der Waals surface area contributed by atoms with Gasteiger partial charge in [-0.25, -0.2) is 9.50 Å². The van der Waals surface area contributed by atoms with Gasteiger partial charge in [0.05, 0.1) is 17.8 Å². The maximum Gasteiger partial charge on any atom is 0.227 e. The van der Waals surface area contributed by atoms with Crippen LogP contribution in [0, 0.1) is 12.8 Å². The highest BCUT2D eigenvalue weighted by Gasteiger charge is 2.32. The number of piperidine rings is 1. The number of hydrogen-bond acceptors (Lipinski definition) is 6. The molecule has 2 aliphatic heterocycles. The van der Waals surface area contributed by atoms with Crippen LogP contribution in [0.15, 0.2) is 60.8 Å². The van der Waals surface area contributed by atoms with Crippen molar-refractivity contribution in [3.8, 4) is 11.3 Å². The summed E-state index contributed by atoms with van der Waals surface area (Å²) in [6, 6.07) is 18.9. The fourth-order valence-corrected chi connectivity index (χ4v) is 6.03. The normalized spacial score (nSPS) is 18.9. The van der Waals surface area contributed by atoms with E-state index < -0.39 is 0 Å². The Hall–Kier alpha value is -3.39. The smallest absolute Gasteiger partial charge is 0.227 e. The molecule has 4 heterocycles. The van der Waals surface area contributed by atoms with Crippen molar-refractivity contribution < 1.29 is 4.79 Å². The fourth-order valence-electron chi connectivity index (χ4n) is 5.12. The average molecular weight is 487 g/mol. The minimum atomic E-state index is 0.0337. The van der Waals surface area contributed by atoms with E-state index in [0.29, 0.717) is 5.91 Å². The molecule has 1 atom stereocenters. The van der Waals surface area contributed by atoms with Crippen molar-refractivity contribution in [1.29, 1.82) is 0 Å². The summed E-state index contributed by atoms with van der Waals surface area (Å²) in [4.78, 5) is 25.8. The number of carbonyl (C=O) groups excluding carboxylic acids is 1.